The van der Waals surface area contributed by atoms with Crippen LogP contribution >= 0.6 is 11.8 Å². The molecule has 2 aromatic heterocycles. The number of rotatable bonds is 4. The van der Waals surface area contributed by atoms with Crippen molar-refractivity contribution in [1.29, 1.82) is 0 Å². The van der Waals surface area contributed by atoms with Gasteiger partial charge < -0.3 is 0 Å². The van der Waals surface area contributed by atoms with E-state index in [1.165, 1.54) is 3.97 Å². The number of fused-ring (bicyclic) bond motifs is 1. The van der Waals surface area contributed by atoms with Crippen molar-refractivity contribution < 1.29 is 8.42 Å². The predicted molar refractivity (Wildman–Crippen MR) is 104 cm³/mol. The quantitative estimate of drug-likeness (QED) is 0.516. The number of pyridine rings is 1. The van der Waals surface area contributed by atoms with E-state index >= 15 is 0 Å². The fourth-order valence-electron chi connectivity index (χ4n) is 2.62. The van der Waals surface area contributed by atoms with Gasteiger partial charge >= 0.3 is 0 Å². The zero-order chi connectivity index (χ0) is 17.5. The fraction of sp³-hybridized carbons (Fsp3) is 0.235. The Kier molecular flexibility index (Phi) is 4.35. The lowest BCUT2D eigenvalue weighted by Crippen LogP contribution is -2.44. The molecule has 0 N–H and O–H groups in total. The first-order valence-electron chi connectivity index (χ1n) is 7.62. The van der Waals surface area contributed by atoms with Crippen molar-refractivity contribution in [3.05, 3.63) is 48.7 Å². The molecule has 7 heteroatoms. The SMILES string of the molecule is CSc1cnc2c(c1)cc([Si](C)(C)C)n2S(=O)(=O)c1ccccc1. The van der Waals surface area contributed by atoms with Crippen molar-refractivity contribution in [2.45, 2.75) is 29.4 Å². The molecule has 1 aromatic carbocycles. The van der Waals surface area contributed by atoms with Crippen LogP contribution < -0.4 is 5.32 Å². The second-order valence-electron chi connectivity index (χ2n) is 6.65. The van der Waals surface area contributed by atoms with E-state index in [-0.39, 0.29) is 4.90 Å². The smallest absolute Gasteiger partial charge is 0.236 e. The molecule has 126 valence electrons. The molecular weight excluding hydrogens is 356 g/mol. The van der Waals surface area contributed by atoms with Crippen LogP contribution in [0.2, 0.25) is 19.6 Å². The second kappa shape index (κ2) is 6.05. The Bertz CT molecular complexity index is 991. The Morgan fingerprint density at radius 1 is 1.08 bits per heavy atom. The first-order valence-corrected chi connectivity index (χ1v) is 13.8. The van der Waals surface area contributed by atoms with E-state index < -0.39 is 18.1 Å². The van der Waals surface area contributed by atoms with Crippen LogP contribution in [0.3, 0.4) is 0 Å². The minimum Gasteiger partial charge on any atom is -0.236 e. The van der Waals surface area contributed by atoms with Gasteiger partial charge in [0.15, 0.2) is 5.65 Å². The summed E-state index contributed by atoms with van der Waals surface area (Å²) in [5.74, 6) is 0. The van der Waals surface area contributed by atoms with Crippen LogP contribution in [0.4, 0.5) is 0 Å². The van der Waals surface area contributed by atoms with Crippen LogP contribution in [0.5, 0.6) is 0 Å². The lowest BCUT2D eigenvalue weighted by atomic mass is 10.3. The third-order valence-corrected chi connectivity index (χ3v) is 8.34. The van der Waals surface area contributed by atoms with Gasteiger partial charge in [-0.25, -0.2) is 17.4 Å². The van der Waals surface area contributed by atoms with Gasteiger partial charge in [0.1, 0.15) is 8.07 Å². The highest BCUT2D eigenvalue weighted by molar-refractivity contribution is 7.98. The zero-order valence-electron chi connectivity index (χ0n) is 14.1. The van der Waals surface area contributed by atoms with E-state index in [4.69, 9.17) is 0 Å². The third kappa shape index (κ3) is 2.91. The Labute approximate surface area is 148 Å². The number of thioether (sulfide) groups is 1. The Hall–Kier alpha value is -1.57. The van der Waals surface area contributed by atoms with Crippen LogP contribution in [0.1, 0.15) is 0 Å². The topological polar surface area (TPSA) is 52.0 Å². The Balaban J connectivity index is 2.37. The molecule has 0 saturated heterocycles. The summed E-state index contributed by atoms with van der Waals surface area (Å²) in [5.41, 5.74) is 0.508. The van der Waals surface area contributed by atoms with Gasteiger partial charge in [-0.05, 0) is 30.5 Å². The molecular formula is C17H20N2O2S2Si. The van der Waals surface area contributed by atoms with Crippen molar-refractivity contribution in [3.8, 4) is 0 Å². The van der Waals surface area contributed by atoms with Crippen LogP contribution in [-0.2, 0) is 10.0 Å². The van der Waals surface area contributed by atoms with E-state index in [1.807, 2.05) is 24.5 Å². The van der Waals surface area contributed by atoms with Crippen LogP contribution in [-0.4, -0.2) is 31.7 Å². The molecule has 4 nitrogen and oxygen atoms in total. The summed E-state index contributed by atoms with van der Waals surface area (Å²) in [4.78, 5) is 5.78. The molecule has 0 bridgehead atoms. The number of hydrogen-bond donors (Lipinski definition) is 0. The predicted octanol–water partition coefficient (Wildman–Crippen LogP) is 3.54. The lowest BCUT2D eigenvalue weighted by molar-refractivity contribution is 0.589. The van der Waals surface area contributed by atoms with Gasteiger partial charge in [-0.2, -0.15) is 0 Å². The summed E-state index contributed by atoms with van der Waals surface area (Å²) in [6.45, 7) is 6.44. The summed E-state index contributed by atoms with van der Waals surface area (Å²) in [7, 11) is -5.57. The van der Waals surface area contributed by atoms with E-state index in [1.54, 1.807) is 42.2 Å². The Morgan fingerprint density at radius 2 is 1.75 bits per heavy atom. The normalized spacial score (nSPS) is 12.7. The molecule has 0 unspecified atom stereocenters. The van der Waals surface area contributed by atoms with Crippen LogP contribution in [0.25, 0.3) is 11.0 Å². The summed E-state index contributed by atoms with van der Waals surface area (Å²) < 4.78 is 28.0. The van der Waals surface area contributed by atoms with Gasteiger partial charge in [0.2, 0.25) is 0 Å². The largest absolute Gasteiger partial charge is 0.269 e. The van der Waals surface area contributed by atoms with E-state index in [0.29, 0.717) is 5.65 Å². The minimum absolute atomic E-state index is 0.290. The minimum atomic E-state index is -3.67. The molecule has 0 aliphatic carbocycles. The standard InChI is InChI=1S/C17H20N2O2S2Si/c1-22-14-10-13-11-16(24(2,3)4)19(17(13)18-12-14)23(20,21)15-8-6-5-7-9-15/h5-12H,1-4H3. The summed E-state index contributed by atoms with van der Waals surface area (Å²) in [6.07, 6.45) is 3.72. The molecule has 0 radical (unpaired) electrons. The monoisotopic (exact) mass is 376 g/mol. The molecule has 2 heterocycles. The average molecular weight is 377 g/mol. The third-order valence-electron chi connectivity index (χ3n) is 3.86. The molecule has 24 heavy (non-hydrogen) atoms. The first-order chi connectivity index (χ1) is 11.2. The Morgan fingerprint density at radius 3 is 2.33 bits per heavy atom. The number of nitrogens with zero attached hydrogens (tertiary/aromatic N) is 2. The molecule has 0 atom stereocenters. The number of hydrogen-bond acceptors (Lipinski definition) is 4. The molecule has 3 rings (SSSR count). The van der Waals surface area contributed by atoms with Gasteiger partial charge in [0, 0.05) is 21.8 Å². The molecule has 0 saturated carbocycles. The zero-order valence-corrected chi connectivity index (χ0v) is 16.8. The van der Waals surface area contributed by atoms with Gasteiger partial charge in [0.25, 0.3) is 10.0 Å². The number of benzene rings is 1. The molecule has 0 spiro atoms. The van der Waals surface area contributed by atoms with Crippen molar-refractivity contribution in [2.24, 2.45) is 0 Å². The fourth-order valence-corrected chi connectivity index (χ4v) is 6.92. The molecule has 0 fully saturated rings. The highest BCUT2D eigenvalue weighted by Crippen LogP contribution is 2.25. The summed E-state index contributed by atoms with van der Waals surface area (Å²) in [5, 5.41) is 1.74. The van der Waals surface area contributed by atoms with Gasteiger partial charge in [-0.15, -0.1) is 11.8 Å². The van der Waals surface area contributed by atoms with Gasteiger partial charge in [0.05, 0.1) is 4.90 Å². The van der Waals surface area contributed by atoms with Crippen molar-refractivity contribution in [2.75, 3.05) is 6.26 Å². The van der Waals surface area contributed by atoms with Crippen LogP contribution in [0.15, 0.2) is 58.5 Å². The maximum atomic E-state index is 13.3. The van der Waals surface area contributed by atoms with Crippen LogP contribution in [0, 0.1) is 0 Å². The first kappa shape index (κ1) is 17.3. The van der Waals surface area contributed by atoms with Gasteiger partial charge in [-0.1, -0.05) is 37.8 Å². The van der Waals surface area contributed by atoms with Crippen molar-refractivity contribution >= 4 is 46.2 Å². The number of aromatic nitrogens is 2. The maximum Gasteiger partial charge on any atom is 0.269 e. The molecule has 0 aliphatic rings. The average Bonchev–Trinajstić information content (AvgIpc) is 2.95. The van der Waals surface area contributed by atoms with Gasteiger partial charge in [-0.3, -0.25) is 0 Å². The highest BCUT2D eigenvalue weighted by atomic mass is 32.2. The van der Waals surface area contributed by atoms with Crippen molar-refractivity contribution in [3.63, 3.8) is 0 Å². The summed E-state index contributed by atoms with van der Waals surface area (Å²) >= 11 is 1.60. The molecule has 3 aromatic rings. The summed E-state index contributed by atoms with van der Waals surface area (Å²) in [6, 6.07) is 12.6. The van der Waals surface area contributed by atoms with E-state index in [0.717, 1.165) is 15.6 Å². The van der Waals surface area contributed by atoms with E-state index in [9.17, 15) is 8.42 Å². The van der Waals surface area contributed by atoms with Crippen molar-refractivity contribution in [1.82, 2.24) is 8.96 Å². The molecule has 0 amide bonds. The van der Waals surface area contributed by atoms with E-state index in [2.05, 4.69) is 24.6 Å². The maximum absolute atomic E-state index is 13.3. The second-order valence-corrected chi connectivity index (χ2v) is 14.3. The molecule has 0 aliphatic heterocycles. The highest BCUT2D eigenvalue weighted by Gasteiger charge is 2.30. The lowest BCUT2D eigenvalue weighted by Gasteiger charge is -2.19.